The van der Waals surface area contributed by atoms with E-state index in [-0.39, 0.29) is 36.1 Å². The van der Waals surface area contributed by atoms with Crippen molar-refractivity contribution < 1.29 is 37.4 Å². The predicted octanol–water partition coefficient (Wildman–Crippen LogP) is 3.77. The Morgan fingerprint density at radius 2 is 1.74 bits per heavy atom. The second-order valence-electron chi connectivity index (χ2n) is 11.0. The van der Waals surface area contributed by atoms with Crippen LogP contribution in [0.15, 0.2) is 33.5 Å². The Morgan fingerprint density at radius 3 is 2.31 bits per heavy atom. The van der Waals surface area contributed by atoms with Gasteiger partial charge in [0.25, 0.3) is 5.56 Å². The molecule has 0 bridgehead atoms. The summed E-state index contributed by atoms with van der Waals surface area (Å²) in [4.78, 5) is 56.4. The van der Waals surface area contributed by atoms with Gasteiger partial charge in [-0.1, -0.05) is 12.1 Å². The summed E-state index contributed by atoms with van der Waals surface area (Å²) in [6.07, 6.45) is -2.28. The molecular formula is C28H34FN5O8. The molecule has 0 fully saturated rings. The number of benzene rings is 1. The Balaban J connectivity index is 1.98. The highest BCUT2D eigenvalue weighted by molar-refractivity contribution is 5.97. The SMILES string of the molecule is Cc1nnc(C(=O)NC(C)(C)c2nc(C(=O)CCc3ccc(F)cc3)c(OC(C)OC(=O)OC(C)(C)C)c(=O)n2C)o1. The monoisotopic (exact) mass is 587 g/mol. The van der Waals surface area contributed by atoms with Gasteiger partial charge in [0.1, 0.15) is 17.2 Å². The lowest BCUT2D eigenvalue weighted by Crippen LogP contribution is -2.46. The minimum atomic E-state index is -1.34. The van der Waals surface area contributed by atoms with Gasteiger partial charge in [0, 0.05) is 27.3 Å². The molecule has 0 saturated carbocycles. The van der Waals surface area contributed by atoms with Gasteiger partial charge < -0.3 is 23.9 Å². The van der Waals surface area contributed by atoms with Crippen LogP contribution in [0, 0.1) is 12.7 Å². The third-order valence-electron chi connectivity index (χ3n) is 5.71. The lowest BCUT2D eigenvalue weighted by atomic mass is 10.0. The molecule has 1 unspecified atom stereocenters. The van der Waals surface area contributed by atoms with Crippen LogP contribution in [0.4, 0.5) is 9.18 Å². The average Bonchev–Trinajstić information content (AvgIpc) is 3.31. The van der Waals surface area contributed by atoms with Gasteiger partial charge in [-0.3, -0.25) is 19.0 Å². The molecule has 1 atom stereocenters. The molecule has 0 aliphatic carbocycles. The van der Waals surface area contributed by atoms with Crippen molar-refractivity contribution in [3.8, 4) is 5.75 Å². The molecule has 14 heteroatoms. The number of hydrogen-bond acceptors (Lipinski definition) is 11. The van der Waals surface area contributed by atoms with Crippen molar-refractivity contribution in [3.63, 3.8) is 0 Å². The molecular weight excluding hydrogens is 553 g/mol. The Hall–Kier alpha value is -4.62. The maximum Gasteiger partial charge on any atom is 0.511 e. The van der Waals surface area contributed by atoms with Gasteiger partial charge in [0.05, 0.1) is 5.54 Å². The second kappa shape index (κ2) is 12.5. The Morgan fingerprint density at radius 1 is 1.10 bits per heavy atom. The van der Waals surface area contributed by atoms with E-state index in [1.807, 2.05) is 0 Å². The number of ether oxygens (including phenoxy) is 3. The Kier molecular flexibility index (Phi) is 9.49. The molecule has 226 valence electrons. The molecule has 2 heterocycles. The zero-order valence-corrected chi connectivity index (χ0v) is 24.7. The molecule has 0 radical (unpaired) electrons. The fourth-order valence-electron chi connectivity index (χ4n) is 3.84. The fraction of sp³-hybridized carbons (Fsp3) is 0.464. The van der Waals surface area contributed by atoms with Crippen molar-refractivity contribution >= 4 is 17.8 Å². The molecule has 0 aliphatic rings. The third kappa shape index (κ3) is 8.21. The highest BCUT2D eigenvalue weighted by atomic mass is 19.1. The number of carbonyl (C=O) groups excluding carboxylic acids is 3. The van der Waals surface area contributed by atoms with Crippen LogP contribution >= 0.6 is 0 Å². The first-order valence-corrected chi connectivity index (χ1v) is 13.0. The lowest BCUT2D eigenvalue weighted by Gasteiger charge is -2.28. The molecule has 0 saturated heterocycles. The Labute approximate surface area is 241 Å². The minimum Gasteiger partial charge on any atom is -0.447 e. The quantitative estimate of drug-likeness (QED) is 0.208. The van der Waals surface area contributed by atoms with Crippen molar-refractivity contribution in [1.29, 1.82) is 0 Å². The van der Waals surface area contributed by atoms with Crippen LogP contribution in [0.1, 0.15) is 86.4 Å². The van der Waals surface area contributed by atoms with E-state index in [0.717, 1.165) is 4.57 Å². The van der Waals surface area contributed by atoms with E-state index in [0.29, 0.717) is 5.56 Å². The van der Waals surface area contributed by atoms with Crippen molar-refractivity contribution in [2.75, 3.05) is 0 Å². The van der Waals surface area contributed by atoms with E-state index in [1.54, 1.807) is 34.6 Å². The number of nitrogens with one attached hydrogen (secondary N) is 1. The van der Waals surface area contributed by atoms with Gasteiger partial charge >= 0.3 is 18.0 Å². The number of halogens is 1. The Bertz CT molecular complexity index is 1520. The summed E-state index contributed by atoms with van der Waals surface area (Å²) in [5.41, 5.74) is -2.60. The van der Waals surface area contributed by atoms with E-state index >= 15 is 0 Å². The largest absolute Gasteiger partial charge is 0.511 e. The zero-order chi connectivity index (χ0) is 31.4. The van der Waals surface area contributed by atoms with Crippen LogP contribution in [0.25, 0.3) is 0 Å². The molecule has 42 heavy (non-hydrogen) atoms. The molecule has 1 N–H and O–H groups in total. The minimum absolute atomic E-state index is 0.00952. The number of Topliss-reactive ketones (excluding diaryl/α,β-unsaturated/α-hetero) is 1. The molecule has 0 aliphatic heterocycles. The van der Waals surface area contributed by atoms with Gasteiger partial charge in [-0.05, 0) is 58.7 Å². The molecule has 0 spiro atoms. The van der Waals surface area contributed by atoms with Crippen LogP contribution in [0.5, 0.6) is 5.75 Å². The van der Waals surface area contributed by atoms with Crippen LogP contribution in [-0.4, -0.2) is 49.5 Å². The molecule has 1 amide bonds. The maximum absolute atomic E-state index is 13.6. The molecule has 2 aromatic heterocycles. The van der Waals surface area contributed by atoms with Gasteiger partial charge in [0.15, 0.2) is 11.5 Å². The molecule has 1 aromatic carbocycles. The van der Waals surface area contributed by atoms with Crippen molar-refractivity contribution in [1.82, 2.24) is 25.1 Å². The van der Waals surface area contributed by atoms with Gasteiger partial charge in [0.2, 0.25) is 17.9 Å². The fourth-order valence-corrected chi connectivity index (χ4v) is 3.84. The maximum atomic E-state index is 13.6. The standard InChI is InChI=1S/C28H34FN5O8/c1-15-32-33-23(39-15)22(36)31-28(6,7)25-30-20(19(35)14-11-17-9-12-18(29)13-10-17)21(24(37)34(25)8)40-16(2)41-26(38)42-27(3,4)5/h9-10,12-13,16H,11,14H2,1-8H3,(H,31,36). The number of carbonyl (C=O) groups is 3. The second-order valence-corrected chi connectivity index (χ2v) is 11.0. The number of aryl methyl sites for hydroxylation is 2. The van der Waals surface area contributed by atoms with E-state index in [2.05, 4.69) is 20.5 Å². The summed E-state index contributed by atoms with van der Waals surface area (Å²) in [6, 6.07) is 5.62. The normalized spacial score (nSPS) is 12.4. The number of ketones is 1. The van der Waals surface area contributed by atoms with Crippen molar-refractivity contribution in [3.05, 3.63) is 69.3 Å². The first-order chi connectivity index (χ1) is 19.5. The van der Waals surface area contributed by atoms with E-state index in [4.69, 9.17) is 18.6 Å². The summed E-state index contributed by atoms with van der Waals surface area (Å²) < 4.78 is 35.5. The highest BCUT2D eigenvalue weighted by Crippen LogP contribution is 2.24. The summed E-state index contributed by atoms with van der Waals surface area (Å²) in [7, 11) is 1.38. The molecule has 13 nitrogen and oxygen atoms in total. The first kappa shape index (κ1) is 31.9. The number of hydrogen-bond donors (Lipinski definition) is 1. The summed E-state index contributed by atoms with van der Waals surface area (Å²) in [6.45, 7) is 11.0. The zero-order valence-electron chi connectivity index (χ0n) is 24.7. The van der Waals surface area contributed by atoms with Crippen LogP contribution in [0.2, 0.25) is 0 Å². The van der Waals surface area contributed by atoms with E-state index < -0.39 is 52.4 Å². The topological polar surface area (TPSA) is 165 Å². The van der Waals surface area contributed by atoms with E-state index in [9.17, 15) is 23.6 Å². The number of nitrogens with zero attached hydrogens (tertiary/aromatic N) is 4. The van der Waals surface area contributed by atoms with Crippen molar-refractivity contribution in [2.45, 2.75) is 78.7 Å². The number of rotatable bonds is 10. The van der Waals surface area contributed by atoms with Crippen LogP contribution in [-0.2, 0) is 28.5 Å². The predicted molar refractivity (Wildman–Crippen MR) is 145 cm³/mol. The lowest BCUT2D eigenvalue weighted by molar-refractivity contribution is -0.0779. The molecule has 3 aromatic rings. The van der Waals surface area contributed by atoms with E-state index in [1.165, 1.54) is 45.2 Å². The van der Waals surface area contributed by atoms with Crippen molar-refractivity contribution in [2.24, 2.45) is 7.05 Å². The average molecular weight is 588 g/mol. The van der Waals surface area contributed by atoms with Gasteiger partial charge in [-0.25, -0.2) is 14.2 Å². The van der Waals surface area contributed by atoms with Gasteiger partial charge in [-0.2, -0.15) is 0 Å². The first-order valence-electron chi connectivity index (χ1n) is 13.0. The van der Waals surface area contributed by atoms with Crippen LogP contribution in [0.3, 0.4) is 0 Å². The summed E-state index contributed by atoms with van der Waals surface area (Å²) in [5, 5.41) is 10.0. The summed E-state index contributed by atoms with van der Waals surface area (Å²) in [5.74, 6) is -2.29. The van der Waals surface area contributed by atoms with Gasteiger partial charge in [-0.15, -0.1) is 10.2 Å². The van der Waals surface area contributed by atoms with Crippen LogP contribution < -0.4 is 15.6 Å². The number of amides is 1. The number of aromatic nitrogens is 4. The smallest absolute Gasteiger partial charge is 0.447 e. The highest BCUT2D eigenvalue weighted by Gasteiger charge is 2.34. The summed E-state index contributed by atoms with van der Waals surface area (Å²) >= 11 is 0. The third-order valence-corrected chi connectivity index (χ3v) is 5.71. The molecule has 3 rings (SSSR count).